The number of hydrogen-bond donors (Lipinski definition) is 1. The third kappa shape index (κ3) is 3.38. The second kappa shape index (κ2) is 4.66. The van der Waals surface area contributed by atoms with Gasteiger partial charge in [0.05, 0.1) is 7.11 Å². The summed E-state index contributed by atoms with van der Waals surface area (Å²) in [5.41, 5.74) is -1.67. The largest absolute Gasteiger partial charge is 0.573 e. The molecule has 1 aromatic rings. The molecule has 1 rings (SSSR count). The van der Waals surface area contributed by atoms with E-state index in [0.717, 1.165) is 13.2 Å². The lowest BCUT2D eigenvalue weighted by Crippen LogP contribution is -2.24. The van der Waals surface area contributed by atoms with E-state index in [1.807, 2.05) is 4.98 Å². The van der Waals surface area contributed by atoms with E-state index in [9.17, 15) is 22.8 Å². The lowest BCUT2D eigenvalue weighted by Gasteiger charge is -2.11. The molecule has 17 heavy (non-hydrogen) atoms. The van der Waals surface area contributed by atoms with Gasteiger partial charge >= 0.3 is 6.36 Å². The van der Waals surface area contributed by atoms with Crippen LogP contribution in [0.3, 0.4) is 0 Å². The highest BCUT2D eigenvalue weighted by atomic mass is 35.5. The standard InChI is InChI=1S/C8H5ClF3NO4/c1-16-4-2-3(6(9)14)13-7(15)5(4)17-8(10,11)12/h2H,1H3,(H,13,15). The Bertz CT molecular complexity index is 497. The van der Waals surface area contributed by atoms with Crippen LogP contribution >= 0.6 is 11.6 Å². The van der Waals surface area contributed by atoms with Crippen molar-refractivity contribution in [1.82, 2.24) is 4.98 Å². The molecular formula is C8H5ClF3NO4. The quantitative estimate of drug-likeness (QED) is 0.849. The van der Waals surface area contributed by atoms with Crippen LogP contribution in [0.4, 0.5) is 13.2 Å². The molecule has 0 unspecified atom stereocenters. The van der Waals surface area contributed by atoms with Crippen LogP contribution in [0.1, 0.15) is 10.5 Å². The van der Waals surface area contributed by atoms with Gasteiger partial charge in [-0.3, -0.25) is 9.59 Å². The zero-order chi connectivity index (χ0) is 13.2. The Morgan fingerprint density at radius 2 is 2.06 bits per heavy atom. The number of nitrogens with one attached hydrogen (secondary N) is 1. The summed E-state index contributed by atoms with van der Waals surface area (Å²) in [6.45, 7) is 0. The first-order valence-corrected chi connectivity index (χ1v) is 4.39. The first-order chi connectivity index (χ1) is 7.74. The van der Waals surface area contributed by atoms with Gasteiger partial charge in [0.2, 0.25) is 5.75 Å². The highest BCUT2D eigenvalue weighted by molar-refractivity contribution is 6.67. The minimum atomic E-state index is -5.05. The van der Waals surface area contributed by atoms with Gasteiger partial charge in [-0.05, 0) is 11.6 Å². The van der Waals surface area contributed by atoms with Crippen LogP contribution in [0.2, 0.25) is 0 Å². The summed E-state index contributed by atoms with van der Waals surface area (Å²) in [5, 5.41) is -1.04. The Kier molecular flexibility index (Phi) is 3.66. The molecule has 0 radical (unpaired) electrons. The molecule has 1 aromatic heterocycles. The van der Waals surface area contributed by atoms with E-state index in [1.165, 1.54) is 0 Å². The number of ether oxygens (including phenoxy) is 2. The molecule has 94 valence electrons. The first kappa shape index (κ1) is 13.4. The van der Waals surface area contributed by atoms with Crippen LogP contribution < -0.4 is 15.0 Å². The molecule has 9 heteroatoms. The van der Waals surface area contributed by atoms with Crippen molar-refractivity contribution in [2.45, 2.75) is 6.36 Å². The maximum atomic E-state index is 12.0. The van der Waals surface area contributed by atoms with E-state index in [1.54, 1.807) is 0 Å². The molecule has 0 aliphatic rings. The van der Waals surface area contributed by atoms with E-state index >= 15 is 0 Å². The molecule has 0 amide bonds. The monoisotopic (exact) mass is 271 g/mol. The Morgan fingerprint density at radius 3 is 2.47 bits per heavy atom. The average molecular weight is 272 g/mol. The van der Waals surface area contributed by atoms with Crippen LogP contribution in [-0.4, -0.2) is 23.7 Å². The molecule has 0 spiro atoms. The molecule has 0 aliphatic carbocycles. The third-order valence-electron chi connectivity index (χ3n) is 1.60. The van der Waals surface area contributed by atoms with Gasteiger partial charge in [0.25, 0.3) is 10.8 Å². The molecule has 0 saturated heterocycles. The summed E-state index contributed by atoms with van der Waals surface area (Å²) in [6.07, 6.45) is -5.05. The summed E-state index contributed by atoms with van der Waals surface area (Å²) in [5.74, 6) is -1.64. The topological polar surface area (TPSA) is 68.4 Å². The molecule has 0 aliphatic heterocycles. The molecule has 0 bridgehead atoms. The normalized spacial score (nSPS) is 11.1. The van der Waals surface area contributed by atoms with E-state index in [2.05, 4.69) is 9.47 Å². The van der Waals surface area contributed by atoms with Crippen LogP contribution in [0, 0.1) is 0 Å². The number of aromatic nitrogens is 1. The van der Waals surface area contributed by atoms with Crippen LogP contribution in [0.15, 0.2) is 10.9 Å². The number of carbonyl (C=O) groups is 1. The molecular weight excluding hydrogens is 267 g/mol. The number of rotatable bonds is 3. The Morgan fingerprint density at radius 1 is 1.47 bits per heavy atom. The number of halogens is 4. The van der Waals surface area contributed by atoms with Crippen molar-refractivity contribution in [2.24, 2.45) is 0 Å². The number of alkyl halides is 3. The molecule has 0 atom stereocenters. The predicted molar refractivity (Wildman–Crippen MR) is 50.5 cm³/mol. The fourth-order valence-corrected chi connectivity index (χ4v) is 1.10. The van der Waals surface area contributed by atoms with E-state index in [0.29, 0.717) is 0 Å². The summed E-state index contributed by atoms with van der Waals surface area (Å²) in [4.78, 5) is 23.8. The number of hydrogen-bond acceptors (Lipinski definition) is 4. The van der Waals surface area contributed by atoms with Crippen LogP contribution in [0.25, 0.3) is 0 Å². The van der Waals surface area contributed by atoms with E-state index < -0.39 is 34.4 Å². The van der Waals surface area contributed by atoms with Gasteiger partial charge in [-0.1, -0.05) is 0 Å². The second-order valence-corrected chi connectivity index (χ2v) is 3.07. The summed E-state index contributed by atoms with van der Waals surface area (Å²) in [6, 6.07) is 0.831. The highest BCUT2D eigenvalue weighted by Gasteiger charge is 2.34. The third-order valence-corrected chi connectivity index (χ3v) is 1.81. The Labute approximate surface area is 97.1 Å². The van der Waals surface area contributed by atoms with Gasteiger partial charge in [0, 0.05) is 6.07 Å². The summed E-state index contributed by atoms with van der Waals surface area (Å²) in [7, 11) is 1.01. The second-order valence-electron chi connectivity index (χ2n) is 2.73. The molecule has 0 fully saturated rings. The highest BCUT2D eigenvalue weighted by Crippen LogP contribution is 2.28. The minimum absolute atomic E-state index is 0.400. The predicted octanol–water partition coefficient (Wildman–Crippen LogP) is 1.66. The van der Waals surface area contributed by atoms with Crippen molar-refractivity contribution in [2.75, 3.05) is 7.11 Å². The van der Waals surface area contributed by atoms with Crippen molar-refractivity contribution in [1.29, 1.82) is 0 Å². The van der Waals surface area contributed by atoms with Gasteiger partial charge in [-0.2, -0.15) is 0 Å². The Hall–Kier alpha value is -1.70. The van der Waals surface area contributed by atoms with Crippen molar-refractivity contribution >= 4 is 16.8 Å². The average Bonchev–Trinajstić information content (AvgIpc) is 2.18. The van der Waals surface area contributed by atoms with Gasteiger partial charge in [-0.15, -0.1) is 13.2 Å². The first-order valence-electron chi connectivity index (χ1n) is 4.01. The van der Waals surface area contributed by atoms with E-state index in [4.69, 9.17) is 11.6 Å². The van der Waals surface area contributed by atoms with Crippen LogP contribution in [-0.2, 0) is 0 Å². The smallest absolute Gasteiger partial charge is 0.493 e. The van der Waals surface area contributed by atoms with E-state index in [-0.39, 0.29) is 0 Å². The molecule has 1 N–H and O–H groups in total. The maximum Gasteiger partial charge on any atom is 0.573 e. The van der Waals surface area contributed by atoms with Crippen molar-refractivity contribution in [3.63, 3.8) is 0 Å². The van der Waals surface area contributed by atoms with Gasteiger partial charge < -0.3 is 14.5 Å². The lowest BCUT2D eigenvalue weighted by molar-refractivity contribution is -0.275. The van der Waals surface area contributed by atoms with Gasteiger partial charge in [0.1, 0.15) is 5.69 Å². The van der Waals surface area contributed by atoms with Gasteiger partial charge in [-0.25, -0.2) is 0 Å². The minimum Gasteiger partial charge on any atom is -0.493 e. The molecule has 5 nitrogen and oxygen atoms in total. The number of pyridine rings is 1. The van der Waals surface area contributed by atoms with Crippen molar-refractivity contribution in [3.05, 3.63) is 22.1 Å². The van der Waals surface area contributed by atoms with Crippen molar-refractivity contribution < 1.29 is 27.4 Å². The summed E-state index contributed by atoms with van der Waals surface area (Å²) >= 11 is 5.06. The Balaban J connectivity index is 3.32. The fraction of sp³-hybridized carbons (Fsp3) is 0.250. The fourth-order valence-electron chi connectivity index (χ4n) is 0.994. The maximum absolute atomic E-state index is 12.0. The number of carbonyl (C=O) groups excluding carboxylic acids is 1. The number of H-pyrrole nitrogens is 1. The summed E-state index contributed by atoms with van der Waals surface area (Å²) < 4.78 is 43.9. The lowest BCUT2D eigenvalue weighted by atomic mass is 10.3. The number of methoxy groups -OCH3 is 1. The molecule has 0 saturated carbocycles. The van der Waals surface area contributed by atoms with Crippen molar-refractivity contribution in [3.8, 4) is 11.5 Å². The zero-order valence-corrected chi connectivity index (χ0v) is 8.98. The SMILES string of the molecule is COc1cc(C(=O)Cl)[nH]c(=O)c1OC(F)(F)F. The van der Waals surface area contributed by atoms with Gasteiger partial charge in [0.15, 0.2) is 5.75 Å². The zero-order valence-electron chi connectivity index (χ0n) is 8.22. The molecule has 0 aromatic carbocycles. The molecule has 1 heterocycles. The number of aromatic amines is 1. The van der Waals surface area contributed by atoms with Crippen LogP contribution in [0.5, 0.6) is 11.5 Å².